The monoisotopic (exact) mass is 232 g/mol. The number of fused-ring (bicyclic) bond motifs is 1. The molecule has 4 heteroatoms. The number of anilines is 1. The number of piperidine rings is 1. The third kappa shape index (κ3) is 1.69. The van der Waals surface area contributed by atoms with Crippen LogP contribution in [-0.4, -0.2) is 30.1 Å². The lowest BCUT2D eigenvalue weighted by atomic mass is 10.0. The van der Waals surface area contributed by atoms with E-state index < -0.39 is 0 Å². The number of hydrogen-bond donors (Lipinski definition) is 2. The first-order valence-corrected chi connectivity index (χ1v) is 6.11. The van der Waals surface area contributed by atoms with Crippen LogP contribution in [0, 0.1) is 0 Å². The molecule has 2 aliphatic heterocycles. The summed E-state index contributed by atoms with van der Waals surface area (Å²) >= 11 is 0. The number of carbonyl (C=O) groups is 1. The van der Waals surface area contributed by atoms with Crippen LogP contribution in [0.2, 0.25) is 0 Å². The number of phenolic OH excluding ortho intramolecular Hbond substituents is 1. The quantitative estimate of drug-likeness (QED) is 0.760. The minimum Gasteiger partial charge on any atom is -0.506 e. The van der Waals surface area contributed by atoms with Crippen molar-refractivity contribution in [2.75, 3.05) is 18.0 Å². The van der Waals surface area contributed by atoms with Gasteiger partial charge in [-0.3, -0.25) is 4.79 Å². The molecule has 0 aromatic heterocycles. The van der Waals surface area contributed by atoms with Crippen molar-refractivity contribution in [3.8, 4) is 5.75 Å². The van der Waals surface area contributed by atoms with Gasteiger partial charge in [-0.25, -0.2) is 0 Å². The minimum absolute atomic E-state index is 0.119. The topological polar surface area (TPSA) is 52.6 Å². The number of nitrogens with one attached hydrogen (secondary N) is 1. The minimum atomic E-state index is 0.119. The Morgan fingerprint density at radius 3 is 2.82 bits per heavy atom. The lowest BCUT2D eigenvalue weighted by Gasteiger charge is -2.32. The molecule has 90 valence electrons. The van der Waals surface area contributed by atoms with Gasteiger partial charge in [0.2, 0.25) is 5.91 Å². The number of carbonyl (C=O) groups excluding carboxylic acids is 1. The van der Waals surface area contributed by atoms with Gasteiger partial charge < -0.3 is 15.3 Å². The second kappa shape index (κ2) is 4.04. The lowest BCUT2D eigenvalue weighted by Crippen LogP contribution is -2.44. The molecule has 17 heavy (non-hydrogen) atoms. The molecule has 4 nitrogen and oxygen atoms in total. The van der Waals surface area contributed by atoms with Gasteiger partial charge in [0.15, 0.2) is 0 Å². The van der Waals surface area contributed by atoms with Crippen LogP contribution in [0.3, 0.4) is 0 Å². The summed E-state index contributed by atoms with van der Waals surface area (Å²) in [4.78, 5) is 13.9. The first-order chi connectivity index (χ1) is 8.27. The van der Waals surface area contributed by atoms with Crippen LogP contribution in [0.4, 0.5) is 5.69 Å². The predicted octanol–water partition coefficient (Wildman–Crippen LogP) is 1.03. The molecule has 0 atom stereocenters. The highest BCUT2D eigenvalue weighted by Crippen LogP contribution is 2.39. The van der Waals surface area contributed by atoms with Crippen molar-refractivity contribution < 1.29 is 9.90 Å². The SMILES string of the molecule is O=C1Cc2cccc(O)c2N1C1CCNCC1. The molecule has 2 N–H and O–H groups in total. The summed E-state index contributed by atoms with van der Waals surface area (Å²) < 4.78 is 0. The van der Waals surface area contributed by atoms with E-state index in [1.165, 1.54) is 0 Å². The van der Waals surface area contributed by atoms with E-state index in [4.69, 9.17) is 0 Å². The highest BCUT2D eigenvalue weighted by Gasteiger charge is 2.35. The van der Waals surface area contributed by atoms with Crippen molar-refractivity contribution in [3.63, 3.8) is 0 Å². The fourth-order valence-electron chi connectivity index (χ4n) is 2.82. The lowest BCUT2D eigenvalue weighted by molar-refractivity contribution is -0.117. The van der Waals surface area contributed by atoms with Gasteiger partial charge in [0.1, 0.15) is 5.75 Å². The summed E-state index contributed by atoms with van der Waals surface area (Å²) in [7, 11) is 0. The highest BCUT2D eigenvalue weighted by molar-refractivity contribution is 6.03. The maximum absolute atomic E-state index is 12.1. The molecule has 0 bridgehead atoms. The van der Waals surface area contributed by atoms with Crippen LogP contribution >= 0.6 is 0 Å². The van der Waals surface area contributed by atoms with Gasteiger partial charge in [0.25, 0.3) is 0 Å². The number of benzene rings is 1. The molecule has 0 unspecified atom stereocenters. The molecule has 0 radical (unpaired) electrons. The van der Waals surface area contributed by atoms with E-state index in [9.17, 15) is 9.90 Å². The summed E-state index contributed by atoms with van der Waals surface area (Å²) in [5.41, 5.74) is 1.69. The zero-order valence-electron chi connectivity index (χ0n) is 9.65. The third-order valence-corrected chi connectivity index (χ3v) is 3.62. The Balaban J connectivity index is 1.98. The summed E-state index contributed by atoms with van der Waals surface area (Å²) in [5, 5.41) is 13.2. The molecular formula is C13H16N2O2. The first-order valence-electron chi connectivity index (χ1n) is 6.11. The molecule has 3 rings (SSSR count). The van der Waals surface area contributed by atoms with Gasteiger partial charge in [-0.15, -0.1) is 0 Å². The summed E-state index contributed by atoms with van der Waals surface area (Å²) in [6.45, 7) is 1.88. The molecule has 0 saturated carbocycles. The first kappa shape index (κ1) is 10.6. The van der Waals surface area contributed by atoms with Crippen LogP contribution in [0.1, 0.15) is 18.4 Å². The van der Waals surface area contributed by atoms with E-state index in [1.54, 1.807) is 12.1 Å². The van der Waals surface area contributed by atoms with Gasteiger partial charge in [0.05, 0.1) is 12.1 Å². The fourth-order valence-corrected chi connectivity index (χ4v) is 2.82. The summed E-state index contributed by atoms with van der Waals surface area (Å²) in [5.74, 6) is 0.347. The van der Waals surface area contributed by atoms with E-state index >= 15 is 0 Å². The number of rotatable bonds is 1. The van der Waals surface area contributed by atoms with Crippen molar-refractivity contribution in [2.24, 2.45) is 0 Å². The number of amides is 1. The van der Waals surface area contributed by atoms with Crippen LogP contribution in [0.15, 0.2) is 18.2 Å². The van der Waals surface area contributed by atoms with Crippen LogP contribution in [0.5, 0.6) is 5.75 Å². The number of aromatic hydroxyl groups is 1. The second-order valence-electron chi connectivity index (χ2n) is 4.71. The second-order valence-corrected chi connectivity index (χ2v) is 4.71. The van der Waals surface area contributed by atoms with Gasteiger partial charge in [0, 0.05) is 6.04 Å². The molecular weight excluding hydrogens is 216 g/mol. The average molecular weight is 232 g/mol. The van der Waals surface area contributed by atoms with Crippen molar-refractivity contribution in [1.82, 2.24) is 5.32 Å². The summed E-state index contributed by atoms with van der Waals surface area (Å²) in [6.07, 6.45) is 2.34. The van der Waals surface area contributed by atoms with E-state index in [-0.39, 0.29) is 17.7 Å². The molecule has 1 aromatic carbocycles. The smallest absolute Gasteiger partial charge is 0.231 e. The highest BCUT2D eigenvalue weighted by atomic mass is 16.3. The number of phenols is 1. The molecule has 2 aliphatic rings. The number of hydrogen-bond acceptors (Lipinski definition) is 3. The standard InChI is InChI=1S/C13H16N2O2/c16-11-3-1-2-9-8-12(17)15(13(9)11)10-4-6-14-7-5-10/h1-3,10,14,16H,4-8H2. The van der Waals surface area contributed by atoms with Gasteiger partial charge in [-0.2, -0.15) is 0 Å². The van der Waals surface area contributed by atoms with E-state index in [0.29, 0.717) is 6.42 Å². The molecule has 0 aliphatic carbocycles. The van der Waals surface area contributed by atoms with Crippen LogP contribution < -0.4 is 10.2 Å². The molecule has 1 saturated heterocycles. The van der Waals surface area contributed by atoms with Crippen LogP contribution in [0.25, 0.3) is 0 Å². The van der Waals surface area contributed by atoms with Crippen molar-refractivity contribution in [3.05, 3.63) is 23.8 Å². The summed E-state index contributed by atoms with van der Waals surface area (Å²) in [6, 6.07) is 5.62. The molecule has 0 spiro atoms. The Bertz CT molecular complexity index is 453. The molecule has 1 aromatic rings. The normalized spacial score (nSPS) is 20.7. The number of para-hydroxylation sites is 1. The van der Waals surface area contributed by atoms with E-state index in [2.05, 4.69) is 5.32 Å². The predicted molar refractivity (Wildman–Crippen MR) is 65.2 cm³/mol. The average Bonchev–Trinajstić information content (AvgIpc) is 2.68. The Morgan fingerprint density at radius 2 is 2.06 bits per heavy atom. The maximum atomic E-state index is 12.1. The largest absolute Gasteiger partial charge is 0.506 e. The maximum Gasteiger partial charge on any atom is 0.231 e. The van der Waals surface area contributed by atoms with E-state index in [0.717, 1.165) is 37.2 Å². The van der Waals surface area contributed by atoms with Crippen molar-refractivity contribution >= 4 is 11.6 Å². The van der Waals surface area contributed by atoms with Gasteiger partial charge >= 0.3 is 0 Å². The van der Waals surface area contributed by atoms with Crippen molar-refractivity contribution in [1.29, 1.82) is 0 Å². The Kier molecular flexibility index (Phi) is 2.52. The fraction of sp³-hybridized carbons (Fsp3) is 0.462. The van der Waals surface area contributed by atoms with Gasteiger partial charge in [-0.05, 0) is 37.6 Å². The Hall–Kier alpha value is -1.55. The molecule has 1 amide bonds. The zero-order chi connectivity index (χ0) is 11.8. The van der Waals surface area contributed by atoms with Gasteiger partial charge in [-0.1, -0.05) is 12.1 Å². The van der Waals surface area contributed by atoms with E-state index in [1.807, 2.05) is 11.0 Å². The third-order valence-electron chi connectivity index (χ3n) is 3.62. The Labute approximate surface area is 100 Å². The van der Waals surface area contributed by atoms with Crippen LogP contribution in [-0.2, 0) is 11.2 Å². The molecule has 1 fully saturated rings. The number of nitrogens with zero attached hydrogens (tertiary/aromatic N) is 1. The zero-order valence-corrected chi connectivity index (χ0v) is 9.65. The van der Waals surface area contributed by atoms with Crippen molar-refractivity contribution in [2.45, 2.75) is 25.3 Å². The Morgan fingerprint density at radius 1 is 1.29 bits per heavy atom. The molecule has 2 heterocycles.